The van der Waals surface area contributed by atoms with Crippen LogP contribution in [0.2, 0.25) is 0 Å². The van der Waals surface area contributed by atoms with Crippen molar-refractivity contribution < 1.29 is 9.53 Å². The molecule has 2 atom stereocenters. The van der Waals surface area contributed by atoms with Crippen molar-refractivity contribution in [2.24, 2.45) is 11.7 Å². The average Bonchev–Trinajstić information content (AvgIpc) is 2.43. The third kappa shape index (κ3) is 4.85. The number of nitrogens with one attached hydrogen (secondary N) is 1. The van der Waals surface area contributed by atoms with Crippen molar-refractivity contribution in [1.82, 2.24) is 5.32 Å². The lowest BCUT2D eigenvalue weighted by Gasteiger charge is -2.18. The van der Waals surface area contributed by atoms with Gasteiger partial charge in [0.25, 0.3) is 0 Å². The molecule has 0 fully saturated rings. The van der Waals surface area contributed by atoms with Gasteiger partial charge in [0.2, 0.25) is 5.91 Å². The van der Waals surface area contributed by atoms with Gasteiger partial charge in [-0.15, -0.1) is 0 Å². The molecule has 1 amide bonds. The number of hydrogen-bond donors (Lipinski definition) is 2. The van der Waals surface area contributed by atoms with Crippen molar-refractivity contribution in [2.75, 3.05) is 13.7 Å². The van der Waals surface area contributed by atoms with E-state index in [1.54, 1.807) is 7.11 Å². The zero-order valence-corrected chi connectivity index (χ0v) is 12.8. The van der Waals surface area contributed by atoms with E-state index in [0.717, 1.165) is 11.3 Å². The number of ether oxygens (including phenoxy) is 1. The van der Waals surface area contributed by atoms with Gasteiger partial charge < -0.3 is 15.8 Å². The van der Waals surface area contributed by atoms with Gasteiger partial charge in [-0.05, 0) is 24.0 Å². The van der Waals surface area contributed by atoms with Crippen LogP contribution >= 0.6 is 0 Å². The highest BCUT2D eigenvalue weighted by Gasteiger charge is 2.17. The Morgan fingerprint density at radius 3 is 2.55 bits per heavy atom. The molecule has 20 heavy (non-hydrogen) atoms. The van der Waals surface area contributed by atoms with Crippen molar-refractivity contribution in [3.05, 3.63) is 29.8 Å². The third-order valence-corrected chi connectivity index (χ3v) is 3.31. The highest BCUT2D eigenvalue weighted by Crippen LogP contribution is 2.25. The van der Waals surface area contributed by atoms with E-state index in [9.17, 15) is 4.79 Å². The summed E-state index contributed by atoms with van der Waals surface area (Å²) in [6, 6.07) is 7.43. The number of rotatable bonds is 7. The minimum absolute atomic E-state index is 0.0829. The van der Waals surface area contributed by atoms with E-state index in [1.165, 1.54) is 0 Å². The number of carbonyl (C=O) groups is 1. The summed E-state index contributed by atoms with van der Waals surface area (Å²) in [6.45, 7) is 6.74. The zero-order valence-electron chi connectivity index (χ0n) is 12.8. The maximum atomic E-state index is 11.9. The lowest BCUT2D eigenvalue weighted by Crippen LogP contribution is -2.42. The molecular weight excluding hydrogens is 252 g/mol. The van der Waals surface area contributed by atoms with Crippen molar-refractivity contribution in [1.29, 1.82) is 0 Å². The fourth-order valence-corrected chi connectivity index (χ4v) is 2.18. The van der Waals surface area contributed by atoms with Gasteiger partial charge in [-0.2, -0.15) is 0 Å². The van der Waals surface area contributed by atoms with Crippen LogP contribution in [-0.4, -0.2) is 25.6 Å². The number of benzene rings is 1. The van der Waals surface area contributed by atoms with E-state index >= 15 is 0 Å². The van der Waals surface area contributed by atoms with Crippen LogP contribution in [0.4, 0.5) is 0 Å². The Bertz CT molecular complexity index is 432. The number of methoxy groups -OCH3 is 1. The molecule has 0 radical (unpaired) electrons. The van der Waals surface area contributed by atoms with Crippen LogP contribution in [0.3, 0.4) is 0 Å². The number of nitrogens with two attached hydrogens (primary N) is 1. The first kappa shape index (κ1) is 16.5. The Labute approximate surface area is 121 Å². The predicted molar refractivity (Wildman–Crippen MR) is 81.8 cm³/mol. The van der Waals surface area contributed by atoms with Crippen molar-refractivity contribution in [3.8, 4) is 5.75 Å². The smallest absolute Gasteiger partial charge is 0.236 e. The number of hydrogen-bond acceptors (Lipinski definition) is 3. The topological polar surface area (TPSA) is 64.3 Å². The molecule has 0 saturated carbocycles. The Morgan fingerprint density at radius 1 is 1.30 bits per heavy atom. The molecule has 112 valence electrons. The molecule has 0 spiro atoms. The second-order valence-electron chi connectivity index (χ2n) is 5.62. The van der Waals surface area contributed by atoms with Crippen LogP contribution in [0, 0.1) is 5.92 Å². The maximum Gasteiger partial charge on any atom is 0.236 e. The fourth-order valence-electron chi connectivity index (χ4n) is 2.18. The van der Waals surface area contributed by atoms with E-state index in [4.69, 9.17) is 10.5 Å². The predicted octanol–water partition coefficient (Wildman–Crippen LogP) is 2.29. The molecular formula is C16H26N2O2. The van der Waals surface area contributed by atoms with Crippen molar-refractivity contribution in [3.63, 3.8) is 0 Å². The summed E-state index contributed by atoms with van der Waals surface area (Å²) in [5.74, 6) is 1.37. The van der Waals surface area contributed by atoms with Gasteiger partial charge in [-0.1, -0.05) is 39.0 Å². The summed E-state index contributed by atoms with van der Waals surface area (Å²) in [5, 5.41) is 2.92. The van der Waals surface area contributed by atoms with Gasteiger partial charge in [-0.25, -0.2) is 0 Å². The number of para-hydroxylation sites is 1. The molecule has 0 unspecified atom stereocenters. The van der Waals surface area contributed by atoms with Crippen LogP contribution in [0.1, 0.15) is 38.7 Å². The molecule has 0 aliphatic heterocycles. The first-order chi connectivity index (χ1) is 9.45. The summed E-state index contributed by atoms with van der Waals surface area (Å²) in [7, 11) is 1.66. The van der Waals surface area contributed by atoms with Crippen LogP contribution < -0.4 is 15.8 Å². The summed E-state index contributed by atoms with van der Waals surface area (Å²) >= 11 is 0. The summed E-state index contributed by atoms with van der Waals surface area (Å²) < 4.78 is 5.34. The minimum Gasteiger partial charge on any atom is -0.496 e. The monoisotopic (exact) mass is 278 g/mol. The van der Waals surface area contributed by atoms with Crippen LogP contribution in [0.25, 0.3) is 0 Å². The zero-order chi connectivity index (χ0) is 15.1. The molecule has 1 aromatic carbocycles. The van der Waals surface area contributed by atoms with Crippen molar-refractivity contribution >= 4 is 5.91 Å². The molecule has 0 aromatic heterocycles. The first-order valence-corrected chi connectivity index (χ1v) is 7.11. The molecule has 1 aromatic rings. The average molecular weight is 278 g/mol. The molecule has 0 saturated heterocycles. The van der Waals surface area contributed by atoms with E-state index in [1.807, 2.05) is 24.3 Å². The molecule has 1 rings (SSSR count). The molecule has 0 bridgehead atoms. The van der Waals surface area contributed by atoms with Gasteiger partial charge in [0.1, 0.15) is 5.75 Å². The molecule has 0 heterocycles. The molecule has 4 heteroatoms. The molecule has 0 aliphatic rings. The lowest BCUT2D eigenvalue weighted by atomic mass is 9.99. The highest BCUT2D eigenvalue weighted by atomic mass is 16.5. The van der Waals surface area contributed by atoms with Gasteiger partial charge in [0.05, 0.1) is 13.2 Å². The SMILES string of the molecule is COc1ccccc1[C@H](C)CNC(=O)[C@@H](N)CC(C)C. The fraction of sp³-hybridized carbons (Fsp3) is 0.562. The lowest BCUT2D eigenvalue weighted by molar-refractivity contribution is -0.122. The van der Waals surface area contributed by atoms with Gasteiger partial charge in [0.15, 0.2) is 0 Å². The second-order valence-corrected chi connectivity index (χ2v) is 5.62. The number of carbonyl (C=O) groups excluding carboxylic acids is 1. The minimum atomic E-state index is -0.431. The maximum absolute atomic E-state index is 11.9. The third-order valence-electron chi connectivity index (χ3n) is 3.31. The quantitative estimate of drug-likeness (QED) is 0.804. The van der Waals surface area contributed by atoms with Crippen molar-refractivity contribution in [2.45, 2.75) is 39.2 Å². The van der Waals surface area contributed by atoms with E-state index in [0.29, 0.717) is 18.9 Å². The van der Waals surface area contributed by atoms with Gasteiger partial charge in [-0.3, -0.25) is 4.79 Å². The second kappa shape index (κ2) is 7.90. The van der Waals surface area contributed by atoms with Crippen LogP contribution in [-0.2, 0) is 4.79 Å². The first-order valence-electron chi connectivity index (χ1n) is 7.11. The Kier molecular flexibility index (Phi) is 6.52. The van der Waals surface area contributed by atoms with Gasteiger partial charge >= 0.3 is 0 Å². The van der Waals surface area contributed by atoms with E-state index < -0.39 is 6.04 Å². The molecule has 4 nitrogen and oxygen atoms in total. The Hall–Kier alpha value is -1.55. The summed E-state index contributed by atoms with van der Waals surface area (Å²) in [4.78, 5) is 11.9. The van der Waals surface area contributed by atoms with Gasteiger partial charge in [0, 0.05) is 12.5 Å². The normalized spacial score (nSPS) is 13.9. The standard InChI is InChI=1S/C16H26N2O2/c1-11(2)9-14(17)16(19)18-10-12(3)13-7-5-6-8-15(13)20-4/h5-8,11-12,14H,9-10,17H2,1-4H3,(H,18,19)/t12-,14+/m1/s1. The van der Waals surface area contributed by atoms with Crippen LogP contribution in [0.5, 0.6) is 5.75 Å². The number of amides is 1. The summed E-state index contributed by atoms with van der Waals surface area (Å²) in [6.07, 6.45) is 0.703. The highest BCUT2D eigenvalue weighted by molar-refractivity contribution is 5.81. The molecule has 0 aliphatic carbocycles. The Morgan fingerprint density at radius 2 is 1.95 bits per heavy atom. The van der Waals surface area contributed by atoms with E-state index in [-0.39, 0.29) is 11.8 Å². The molecule has 3 N–H and O–H groups in total. The Balaban J connectivity index is 2.54. The largest absolute Gasteiger partial charge is 0.496 e. The van der Waals surface area contributed by atoms with Crippen LogP contribution in [0.15, 0.2) is 24.3 Å². The summed E-state index contributed by atoms with van der Waals surface area (Å²) in [5.41, 5.74) is 6.95. The van der Waals surface area contributed by atoms with E-state index in [2.05, 4.69) is 26.1 Å².